The maximum absolute atomic E-state index is 6.34. The molecule has 0 aliphatic rings. The summed E-state index contributed by atoms with van der Waals surface area (Å²) in [6.45, 7) is 4.74. The van der Waals surface area contributed by atoms with E-state index in [1.165, 1.54) is 9.35 Å². The topological polar surface area (TPSA) is 15.3 Å². The highest BCUT2D eigenvalue weighted by atomic mass is 79.9. The smallest absolute Gasteiger partial charge is 0.0701 e. The fourth-order valence-electron chi connectivity index (χ4n) is 1.97. The molecule has 0 spiro atoms. The summed E-state index contributed by atoms with van der Waals surface area (Å²) in [5.74, 6) is 0. The lowest BCUT2D eigenvalue weighted by Gasteiger charge is -2.19. The van der Waals surface area contributed by atoms with Crippen LogP contribution in [0.15, 0.2) is 33.4 Å². The van der Waals surface area contributed by atoms with Crippen molar-refractivity contribution in [2.75, 3.05) is 18.5 Å². The Morgan fingerprint density at radius 3 is 2.75 bits per heavy atom. The number of halogens is 2. The van der Waals surface area contributed by atoms with Crippen molar-refractivity contribution >= 4 is 44.6 Å². The van der Waals surface area contributed by atoms with Gasteiger partial charge in [0, 0.05) is 30.8 Å². The summed E-state index contributed by atoms with van der Waals surface area (Å²) < 4.78 is 1.17. The van der Waals surface area contributed by atoms with E-state index < -0.39 is 0 Å². The van der Waals surface area contributed by atoms with Crippen LogP contribution in [0, 0.1) is 0 Å². The second kappa shape index (κ2) is 7.46. The molecule has 0 unspecified atom stereocenters. The van der Waals surface area contributed by atoms with Crippen molar-refractivity contribution in [2.45, 2.75) is 20.0 Å². The molecule has 0 aliphatic heterocycles. The average molecular weight is 374 g/mol. The SMILES string of the molecule is CCNCc1ccc(N(C)Cc2csc(Br)c2)cc1Cl. The predicted octanol–water partition coefficient (Wildman–Crippen LogP) is 4.91. The van der Waals surface area contributed by atoms with Gasteiger partial charge in [-0.05, 0) is 57.2 Å². The van der Waals surface area contributed by atoms with Crippen molar-refractivity contribution < 1.29 is 0 Å². The van der Waals surface area contributed by atoms with Gasteiger partial charge in [-0.3, -0.25) is 0 Å². The van der Waals surface area contributed by atoms with E-state index in [0.717, 1.165) is 35.9 Å². The van der Waals surface area contributed by atoms with E-state index in [4.69, 9.17) is 11.6 Å². The van der Waals surface area contributed by atoms with Crippen LogP contribution >= 0.6 is 38.9 Å². The normalized spacial score (nSPS) is 10.8. The molecule has 0 saturated carbocycles. The Hall–Kier alpha value is -0.550. The summed E-state index contributed by atoms with van der Waals surface area (Å²) in [6, 6.07) is 8.41. The van der Waals surface area contributed by atoms with Crippen LogP contribution in [-0.4, -0.2) is 13.6 Å². The lowest BCUT2D eigenvalue weighted by Crippen LogP contribution is -2.16. The monoisotopic (exact) mass is 372 g/mol. The molecule has 1 aromatic heterocycles. The average Bonchev–Trinajstić information content (AvgIpc) is 2.82. The minimum Gasteiger partial charge on any atom is -0.370 e. The largest absolute Gasteiger partial charge is 0.370 e. The van der Waals surface area contributed by atoms with Crippen LogP contribution < -0.4 is 10.2 Å². The number of hydrogen-bond acceptors (Lipinski definition) is 3. The Labute approximate surface area is 137 Å². The van der Waals surface area contributed by atoms with Gasteiger partial charge in [0.05, 0.1) is 3.79 Å². The second-order valence-electron chi connectivity index (χ2n) is 4.67. The van der Waals surface area contributed by atoms with E-state index in [-0.39, 0.29) is 0 Å². The molecule has 0 saturated heterocycles. The van der Waals surface area contributed by atoms with Crippen molar-refractivity contribution in [2.24, 2.45) is 0 Å². The van der Waals surface area contributed by atoms with Gasteiger partial charge in [0.25, 0.3) is 0 Å². The number of benzene rings is 1. The fraction of sp³-hybridized carbons (Fsp3) is 0.333. The Morgan fingerprint density at radius 1 is 1.35 bits per heavy atom. The van der Waals surface area contributed by atoms with Gasteiger partial charge >= 0.3 is 0 Å². The van der Waals surface area contributed by atoms with Crippen molar-refractivity contribution in [1.82, 2.24) is 5.32 Å². The molecule has 5 heteroatoms. The van der Waals surface area contributed by atoms with E-state index in [9.17, 15) is 0 Å². The first kappa shape index (κ1) is 15.8. The molecule has 1 N–H and O–H groups in total. The summed E-state index contributed by atoms with van der Waals surface area (Å²) in [4.78, 5) is 2.21. The van der Waals surface area contributed by atoms with Crippen molar-refractivity contribution in [1.29, 1.82) is 0 Å². The Kier molecular flexibility index (Phi) is 5.90. The zero-order chi connectivity index (χ0) is 14.5. The van der Waals surface area contributed by atoms with Gasteiger partial charge in [-0.15, -0.1) is 11.3 Å². The molecule has 2 nitrogen and oxygen atoms in total. The van der Waals surface area contributed by atoms with E-state index in [1.54, 1.807) is 11.3 Å². The maximum atomic E-state index is 6.34. The summed E-state index contributed by atoms with van der Waals surface area (Å²) in [6.07, 6.45) is 0. The highest BCUT2D eigenvalue weighted by Crippen LogP contribution is 2.26. The van der Waals surface area contributed by atoms with Crippen LogP contribution in [0.1, 0.15) is 18.1 Å². The van der Waals surface area contributed by atoms with E-state index in [1.807, 2.05) is 6.07 Å². The quantitative estimate of drug-likeness (QED) is 0.774. The van der Waals surface area contributed by atoms with Crippen LogP contribution in [-0.2, 0) is 13.1 Å². The lowest BCUT2D eigenvalue weighted by atomic mass is 10.2. The molecule has 0 fully saturated rings. The number of hydrogen-bond donors (Lipinski definition) is 1. The summed E-state index contributed by atoms with van der Waals surface area (Å²) >= 11 is 11.6. The maximum Gasteiger partial charge on any atom is 0.0701 e. The number of thiophene rings is 1. The molecule has 1 heterocycles. The molecule has 2 rings (SSSR count). The zero-order valence-corrected chi connectivity index (χ0v) is 14.8. The minimum atomic E-state index is 0.816. The van der Waals surface area contributed by atoms with Crippen molar-refractivity contribution in [3.63, 3.8) is 0 Å². The third kappa shape index (κ3) is 4.22. The van der Waals surface area contributed by atoms with E-state index >= 15 is 0 Å². The Morgan fingerprint density at radius 2 is 2.15 bits per heavy atom. The van der Waals surface area contributed by atoms with Crippen LogP contribution in [0.25, 0.3) is 0 Å². The number of rotatable bonds is 6. The second-order valence-corrected chi connectivity index (χ2v) is 7.37. The fourth-order valence-corrected chi connectivity index (χ4v) is 3.41. The van der Waals surface area contributed by atoms with Crippen molar-refractivity contribution in [3.05, 3.63) is 49.6 Å². The third-order valence-electron chi connectivity index (χ3n) is 3.08. The van der Waals surface area contributed by atoms with Crippen LogP contribution in [0.2, 0.25) is 5.02 Å². The summed E-state index contributed by atoms with van der Waals surface area (Å²) in [5, 5.41) is 6.28. The van der Waals surface area contributed by atoms with E-state index in [0.29, 0.717) is 0 Å². The van der Waals surface area contributed by atoms with Crippen LogP contribution in [0.5, 0.6) is 0 Å². The van der Waals surface area contributed by atoms with Crippen LogP contribution in [0.3, 0.4) is 0 Å². The highest BCUT2D eigenvalue weighted by molar-refractivity contribution is 9.11. The van der Waals surface area contributed by atoms with Gasteiger partial charge in [-0.25, -0.2) is 0 Å². The van der Waals surface area contributed by atoms with Gasteiger partial charge in [0.2, 0.25) is 0 Å². The van der Waals surface area contributed by atoms with Gasteiger partial charge in [-0.2, -0.15) is 0 Å². The first-order valence-corrected chi connectivity index (χ1v) is 8.58. The molecule has 108 valence electrons. The first-order chi connectivity index (χ1) is 9.60. The van der Waals surface area contributed by atoms with Gasteiger partial charge in [-0.1, -0.05) is 24.6 Å². The van der Waals surface area contributed by atoms with Gasteiger partial charge in [0.1, 0.15) is 0 Å². The number of nitrogens with zero attached hydrogens (tertiary/aromatic N) is 1. The third-order valence-corrected chi connectivity index (χ3v) is 4.99. The standard InChI is InChI=1S/C15H18BrClN2S/c1-3-18-8-12-4-5-13(7-14(12)17)19(2)9-11-6-15(16)20-10-11/h4-7,10,18H,3,8-9H2,1-2H3. The molecule has 0 amide bonds. The molecule has 0 atom stereocenters. The molecule has 0 aliphatic carbocycles. The molecular weight excluding hydrogens is 356 g/mol. The van der Waals surface area contributed by atoms with Crippen LogP contribution in [0.4, 0.5) is 5.69 Å². The molecule has 1 aromatic carbocycles. The predicted molar refractivity (Wildman–Crippen MR) is 93.0 cm³/mol. The van der Waals surface area contributed by atoms with Gasteiger partial charge in [0.15, 0.2) is 0 Å². The summed E-state index contributed by atoms with van der Waals surface area (Å²) in [5.41, 5.74) is 3.58. The molecule has 2 aromatic rings. The van der Waals surface area contributed by atoms with Gasteiger partial charge < -0.3 is 10.2 Å². The molecule has 20 heavy (non-hydrogen) atoms. The zero-order valence-electron chi connectivity index (χ0n) is 11.6. The number of nitrogens with one attached hydrogen (secondary N) is 1. The number of anilines is 1. The molecule has 0 bridgehead atoms. The van der Waals surface area contributed by atoms with Crippen molar-refractivity contribution in [3.8, 4) is 0 Å². The Bertz CT molecular complexity index is 571. The lowest BCUT2D eigenvalue weighted by molar-refractivity contribution is 0.727. The Balaban J connectivity index is 2.06. The molecule has 0 radical (unpaired) electrons. The minimum absolute atomic E-state index is 0.816. The van der Waals surface area contributed by atoms with E-state index in [2.05, 4.69) is 63.7 Å². The summed E-state index contributed by atoms with van der Waals surface area (Å²) in [7, 11) is 2.08. The molecular formula is C15H18BrClN2S. The first-order valence-electron chi connectivity index (χ1n) is 6.53. The highest BCUT2D eigenvalue weighted by Gasteiger charge is 2.07.